The van der Waals surface area contributed by atoms with Crippen LogP contribution in [0.25, 0.3) is 10.9 Å². The van der Waals surface area contributed by atoms with Crippen molar-refractivity contribution in [2.75, 3.05) is 6.54 Å². The molecule has 0 bridgehead atoms. The Balaban J connectivity index is 1.89. The van der Waals surface area contributed by atoms with Crippen LogP contribution in [0.2, 0.25) is 0 Å². The van der Waals surface area contributed by atoms with E-state index in [1.54, 1.807) is 0 Å². The van der Waals surface area contributed by atoms with Gasteiger partial charge in [-0.15, -0.1) is 0 Å². The van der Waals surface area contributed by atoms with E-state index in [2.05, 4.69) is 22.1 Å². The van der Waals surface area contributed by atoms with Gasteiger partial charge < -0.3 is 9.64 Å². The molecule has 1 aliphatic heterocycles. The maximum absolute atomic E-state index is 12.4. The second-order valence-corrected chi connectivity index (χ2v) is 7.07. The van der Waals surface area contributed by atoms with E-state index in [1.165, 1.54) is 0 Å². The predicted molar refractivity (Wildman–Crippen MR) is 89.2 cm³/mol. The molecule has 2 heterocycles. The number of ether oxygens (including phenoxy) is 1. The number of hydrogen-bond acceptors (Lipinski definition) is 4. The molecule has 2 aromatic rings. The monoisotopic (exact) mass is 313 g/mol. The molecule has 0 saturated carbocycles. The van der Waals surface area contributed by atoms with Gasteiger partial charge in [0.1, 0.15) is 11.4 Å². The van der Waals surface area contributed by atoms with Gasteiger partial charge in [-0.2, -0.15) is 0 Å². The van der Waals surface area contributed by atoms with Crippen LogP contribution < -0.4 is 0 Å². The fourth-order valence-electron chi connectivity index (χ4n) is 2.99. The molecule has 23 heavy (non-hydrogen) atoms. The first-order valence-electron chi connectivity index (χ1n) is 8.06. The predicted octanol–water partition coefficient (Wildman–Crippen LogP) is 4.01. The molecule has 1 unspecified atom stereocenters. The van der Waals surface area contributed by atoms with E-state index >= 15 is 0 Å². The lowest BCUT2D eigenvalue weighted by molar-refractivity contribution is 0.0224. The molecule has 0 radical (unpaired) electrons. The van der Waals surface area contributed by atoms with Crippen LogP contribution in [0.3, 0.4) is 0 Å². The van der Waals surface area contributed by atoms with Crippen LogP contribution in [0, 0.1) is 6.92 Å². The van der Waals surface area contributed by atoms with Gasteiger partial charge in [0.2, 0.25) is 0 Å². The Labute approximate surface area is 136 Å². The van der Waals surface area contributed by atoms with Crippen LogP contribution in [0.15, 0.2) is 24.4 Å². The van der Waals surface area contributed by atoms with Crippen molar-refractivity contribution >= 4 is 17.0 Å². The third-order valence-corrected chi connectivity index (χ3v) is 3.99. The fraction of sp³-hybridized carbons (Fsp3) is 0.500. The summed E-state index contributed by atoms with van der Waals surface area (Å²) >= 11 is 0. The molecule has 3 rings (SSSR count). The number of aromatic nitrogens is 2. The van der Waals surface area contributed by atoms with Gasteiger partial charge in [0, 0.05) is 18.1 Å². The Morgan fingerprint density at radius 3 is 2.87 bits per heavy atom. The standard InChI is InChI=1S/C18H23N3O2/c1-12-19-11-14-8-7-13(10-15(14)20-12)16-6-5-9-21(16)17(22)23-18(2,3)4/h7-8,10-11,16H,5-6,9H2,1-4H3. The van der Waals surface area contributed by atoms with Crippen LogP contribution in [0.4, 0.5) is 4.79 Å². The molecule has 0 N–H and O–H groups in total. The number of amides is 1. The SMILES string of the molecule is Cc1ncc2ccc(C3CCCN3C(=O)OC(C)(C)C)cc2n1. The third kappa shape index (κ3) is 3.44. The lowest BCUT2D eigenvalue weighted by atomic mass is 10.0. The van der Waals surface area contributed by atoms with Crippen molar-refractivity contribution in [2.24, 2.45) is 0 Å². The molecule has 1 fully saturated rings. The zero-order valence-electron chi connectivity index (χ0n) is 14.2. The molecule has 1 saturated heterocycles. The minimum Gasteiger partial charge on any atom is -0.444 e. The molecular weight excluding hydrogens is 290 g/mol. The summed E-state index contributed by atoms with van der Waals surface area (Å²) in [5.41, 5.74) is 1.56. The molecule has 1 aliphatic rings. The highest BCUT2D eigenvalue weighted by Crippen LogP contribution is 2.34. The third-order valence-electron chi connectivity index (χ3n) is 3.99. The molecule has 1 aromatic heterocycles. The molecule has 5 heteroatoms. The molecule has 1 aromatic carbocycles. The van der Waals surface area contributed by atoms with Crippen molar-refractivity contribution < 1.29 is 9.53 Å². The van der Waals surface area contributed by atoms with Crippen molar-refractivity contribution in [3.63, 3.8) is 0 Å². The van der Waals surface area contributed by atoms with E-state index in [1.807, 2.05) is 44.9 Å². The smallest absolute Gasteiger partial charge is 0.410 e. The molecule has 0 spiro atoms. The van der Waals surface area contributed by atoms with Gasteiger partial charge in [-0.25, -0.2) is 14.8 Å². The number of likely N-dealkylation sites (tertiary alicyclic amines) is 1. The van der Waals surface area contributed by atoms with Gasteiger partial charge in [0.15, 0.2) is 0 Å². The van der Waals surface area contributed by atoms with E-state index in [9.17, 15) is 4.79 Å². The summed E-state index contributed by atoms with van der Waals surface area (Å²) in [5.74, 6) is 0.755. The van der Waals surface area contributed by atoms with E-state index < -0.39 is 5.60 Å². The minimum absolute atomic E-state index is 0.0597. The van der Waals surface area contributed by atoms with Crippen molar-refractivity contribution in [3.8, 4) is 0 Å². The number of rotatable bonds is 1. The number of carbonyl (C=O) groups excluding carboxylic acids is 1. The largest absolute Gasteiger partial charge is 0.444 e. The average molecular weight is 313 g/mol. The highest BCUT2D eigenvalue weighted by Gasteiger charge is 2.33. The molecule has 122 valence electrons. The van der Waals surface area contributed by atoms with Crippen LogP contribution in [0.5, 0.6) is 0 Å². The molecule has 5 nitrogen and oxygen atoms in total. The number of hydrogen-bond donors (Lipinski definition) is 0. The number of carbonyl (C=O) groups is 1. The van der Waals surface area contributed by atoms with E-state index in [0.717, 1.165) is 41.7 Å². The fourth-order valence-corrected chi connectivity index (χ4v) is 2.99. The summed E-state index contributed by atoms with van der Waals surface area (Å²) in [6, 6.07) is 6.21. The quantitative estimate of drug-likeness (QED) is 0.798. The van der Waals surface area contributed by atoms with Gasteiger partial charge in [-0.3, -0.25) is 0 Å². The van der Waals surface area contributed by atoms with E-state index in [0.29, 0.717) is 0 Å². The average Bonchev–Trinajstić information content (AvgIpc) is 2.94. The molecule has 1 amide bonds. The van der Waals surface area contributed by atoms with Crippen LogP contribution in [-0.2, 0) is 4.74 Å². The molecule has 0 aliphatic carbocycles. The van der Waals surface area contributed by atoms with Crippen LogP contribution in [0.1, 0.15) is 51.0 Å². The van der Waals surface area contributed by atoms with Crippen LogP contribution >= 0.6 is 0 Å². The summed E-state index contributed by atoms with van der Waals surface area (Å²) in [7, 11) is 0. The van der Waals surface area contributed by atoms with E-state index in [-0.39, 0.29) is 12.1 Å². The summed E-state index contributed by atoms with van der Waals surface area (Å²) in [4.78, 5) is 23.0. The summed E-state index contributed by atoms with van der Waals surface area (Å²) in [6.07, 6.45) is 3.54. The molecule has 1 atom stereocenters. The minimum atomic E-state index is -0.474. The second kappa shape index (κ2) is 5.80. The Kier molecular flexibility index (Phi) is 3.96. The summed E-state index contributed by atoms with van der Waals surface area (Å²) in [5, 5.41) is 1.01. The van der Waals surface area contributed by atoms with E-state index in [4.69, 9.17) is 4.74 Å². The number of aryl methyl sites for hydroxylation is 1. The van der Waals surface area contributed by atoms with Gasteiger partial charge >= 0.3 is 6.09 Å². The lowest BCUT2D eigenvalue weighted by Gasteiger charge is -2.29. The highest BCUT2D eigenvalue weighted by atomic mass is 16.6. The van der Waals surface area contributed by atoms with Crippen molar-refractivity contribution in [1.29, 1.82) is 0 Å². The second-order valence-electron chi connectivity index (χ2n) is 7.07. The van der Waals surface area contributed by atoms with Crippen molar-refractivity contribution in [2.45, 2.75) is 52.2 Å². The van der Waals surface area contributed by atoms with Crippen molar-refractivity contribution in [1.82, 2.24) is 14.9 Å². The first-order valence-corrected chi connectivity index (χ1v) is 8.06. The first kappa shape index (κ1) is 15.7. The molecular formula is C18H23N3O2. The zero-order chi connectivity index (χ0) is 16.6. The Morgan fingerprint density at radius 2 is 2.13 bits per heavy atom. The zero-order valence-corrected chi connectivity index (χ0v) is 14.2. The number of fused-ring (bicyclic) bond motifs is 1. The van der Waals surface area contributed by atoms with Gasteiger partial charge in [-0.1, -0.05) is 12.1 Å². The maximum Gasteiger partial charge on any atom is 0.410 e. The normalized spacial score (nSPS) is 18.4. The van der Waals surface area contributed by atoms with Crippen LogP contribution in [-0.4, -0.2) is 33.1 Å². The van der Waals surface area contributed by atoms with Gasteiger partial charge in [0.05, 0.1) is 11.6 Å². The lowest BCUT2D eigenvalue weighted by Crippen LogP contribution is -2.36. The topological polar surface area (TPSA) is 55.3 Å². The van der Waals surface area contributed by atoms with Gasteiger partial charge in [0.25, 0.3) is 0 Å². The number of nitrogens with zero attached hydrogens (tertiary/aromatic N) is 3. The Hall–Kier alpha value is -2.17. The maximum atomic E-state index is 12.4. The first-order chi connectivity index (χ1) is 10.8. The van der Waals surface area contributed by atoms with Gasteiger partial charge in [-0.05, 0) is 52.2 Å². The summed E-state index contributed by atoms with van der Waals surface area (Å²) in [6.45, 7) is 8.30. The Morgan fingerprint density at radius 1 is 1.35 bits per heavy atom. The Bertz CT molecular complexity index is 737. The highest BCUT2D eigenvalue weighted by molar-refractivity contribution is 5.78. The van der Waals surface area contributed by atoms with Crippen molar-refractivity contribution in [3.05, 3.63) is 35.8 Å². The number of benzene rings is 1. The summed E-state index contributed by atoms with van der Waals surface area (Å²) < 4.78 is 5.54.